The highest BCUT2D eigenvalue weighted by atomic mass is 32.2. The summed E-state index contributed by atoms with van der Waals surface area (Å²) >= 11 is 1.51. The van der Waals surface area contributed by atoms with E-state index in [2.05, 4.69) is 4.98 Å². The van der Waals surface area contributed by atoms with Gasteiger partial charge in [0.15, 0.2) is 18.0 Å². The number of Topliss-reactive ketones (excluding diaryl/α,β-unsaturated/α-hetero) is 1. The Morgan fingerprint density at radius 2 is 1.76 bits per heavy atom. The third-order valence-electron chi connectivity index (χ3n) is 3.05. The molecular formula is C17H17N2O5S+. The van der Waals surface area contributed by atoms with E-state index in [0.717, 1.165) is 5.03 Å². The van der Waals surface area contributed by atoms with E-state index >= 15 is 0 Å². The first-order valence-electron chi connectivity index (χ1n) is 7.32. The number of rotatable bonds is 6. The quantitative estimate of drug-likeness (QED) is 0.194. The minimum atomic E-state index is -0.579. The fourth-order valence-corrected chi connectivity index (χ4v) is 2.35. The number of aromatic nitrogens is 2. The van der Waals surface area contributed by atoms with E-state index in [4.69, 9.17) is 9.47 Å². The van der Waals surface area contributed by atoms with Crippen LogP contribution in [0.25, 0.3) is 0 Å². The molecule has 25 heavy (non-hydrogen) atoms. The number of carbonyl (C=O) groups is 3. The number of hydrogen-bond donors (Lipinski definition) is 0. The van der Waals surface area contributed by atoms with E-state index in [1.54, 1.807) is 17.1 Å². The van der Waals surface area contributed by atoms with Gasteiger partial charge >= 0.3 is 11.9 Å². The molecule has 8 heteroatoms. The molecule has 0 fully saturated rings. The van der Waals surface area contributed by atoms with Crippen LogP contribution in [-0.2, 0) is 16.1 Å². The molecule has 1 aromatic heterocycles. The third-order valence-corrected chi connectivity index (χ3v) is 3.71. The molecule has 0 amide bonds. The van der Waals surface area contributed by atoms with Gasteiger partial charge in [0.2, 0.25) is 10.8 Å². The van der Waals surface area contributed by atoms with Gasteiger partial charge in [-0.2, -0.15) is 0 Å². The zero-order chi connectivity index (χ0) is 18.4. The molecule has 0 aliphatic heterocycles. The number of esters is 2. The van der Waals surface area contributed by atoms with E-state index < -0.39 is 11.9 Å². The zero-order valence-electron chi connectivity index (χ0n) is 14.0. The van der Waals surface area contributed by atoms with Crippen LogP contribution >= 0.6 is 11.8 Å². The third kappa shape index (κ3) is 5.39. The van der Waals surface area contributed by atoms with Crippen LogP contribution in [0.2, 0.25) is 0 Å². The topological polar surface area (TPSA) is 86.4 Å². The number of thioether (sulfide) groups is 1. The monoisotopic (exact) mass is 361 g/mol. The van der Waals surface area contributed by atoms with Crippen molar-refractivity contribution in [3.8, 4) is 11.5 Å². The minimum absolute atomic E-state index is 0.0226. The smallest absolute Gasteiger partial charge is 0.308 e. The van der Waals surface area contributed by atoms with Gasteiger partial charge in [-0.05, 0) is 29.4 Å². The second kappa shape index (κ2) is 8.39. The van der Waals surface area contributed by atoms with Gasteiger partial charge in [-0.25, -0.2) is 4.57 Å². The van der Waals surface area contributed by atoms with Crippen LogP contribution < -0.4 is 14.0 Å². The number of benzene rings is 1. The largest absolute Gasteiger partial charge is 0.423 e. The summed E-state index contributed by atoms with van der Waals surface area (Å²) in [5.74, 6) is -1.23. The molecule has 0 aliphatic rings. The molecule has 1 aromatic carbocycles. The van der Waals surface area contributed by atoms with Gasteiger partial charge in [0, 0.05) is 25.5 Å². The van der Waals surface area contributed by atoms with Crippen molar-refractivity contribution in [3.63, 3.8) is 0 Å². The van der Waals surface area contributed by atoms with Crippen molar-refractivity contribution >= 4 is 29.5 Å². The summed E-state index contributed by atoms with van der Waals surface area (Å²) in [6.07, 6.45) is 5.25. The normalized spacial score (nSPS) is 10.2. The van der Waals surface area contributed by atoms with Crippen LogP contribution in [-0.4, -0.2) is 29.0 Å². The fourth-order valence-electron chi connectivity index (χ4n) is 2.00. The molecule has 7 nitrogen and oxygen atoms in total. The van der Waals surface area contributed by atoms with Crippen molar-refractivity contribution in [2.45, 2.75) is 25.4 Å². The highest BCUT2D eigenvalue weighted by Crippen LogP contribution is 2.29. The van der Waals surface area contributed by atoms with Crippen LogP contribution in [0.5, 0.6) is 11.5 Å². The van der Waals surface area contributed by atoms with Gasteiger partial charge in [0.1, 0.15) is 0 Å². The summed E-state index contributed by atoms with van der Waals surface area (Å²) in [7, 11) is 0. The van der Waals surface area contributed by atoms with E-state index in [1.165, 1.54) is 43.8 Å². The summed E-state index contributed by atoms with van der Waals surface area (Å²) in [5, 5.41) is 0.853. The summed E-state index contributed by atoms with van der Waals surface area (Å²) in [6, 6.07) is 6.13. The summed E-state index contributed by atoms with van der Waals surface area (Å²) in [6.45, 7) is 2.54. The van der Waals surface area contributed by atoms with Gasteiger partial charge in [0.05, 0.1) is 6.20 Å². The first kappa shape index (κ1) is 18.6. The second-order valence-corrected chi connectivity index (χ2v) is 5.87. The lowest BCUT2D eigenvalue weighted by Crippen LogP contribution is -2.37. The molecule has 0 radical (unpaired) electrons. The first-order valence-corrected chi connectivity index (χ1v) is 8.54. The molecule has 0 saturated heterocycles. The van der Waals surface area contributed by atoms with Crippen LogP contribution in [0.4, 0.5) is 0 Å². The number of ether oxygens (including phenoxy) is 2. The van der Waals surface area contributed by atoms with Gasteiger partial charge in [-0.15, -0.1) is 0 Å². The Morgan fingerprint density at radius 3 is 2.32 bits per heavy atom. The Hall–Kier alpha value is -2.74. The summed E-state index contributed by atoms with van der Waals surface area (Å²) in [4.78, 5) is 39.0. The molecule has 130 valence electrons. The zero-order valence-corrected chi connectivity index (χ0v) is 14.8. The Morgan fingerprint density at radius 1 is 1.08 bits per heavy atom. The van der Waals surface area contributed by atoms with Crippen molar-refractivity contribution < 1.29 is 28.4 Å². The highest BCUT2D eigenvalue weighted by molar-refractivity contribution is 7.98. The molecule has 0 unspecified atom stereocenters. The van der Waals surface area contributed by atoms with Crippen molar-refractivity contribution in [1.82, 2.24) is 4.98 Å². The number of hydrogen-bond acceptors (Lipinski definition) is 7. The molecule has 0 N–H and O–H groups in total. The van der Waals surface area contributed by atoms with Gasteiger partial charge < -0.3 is 9.47 Å². The van der Waals surface area contributed by atoms with Gasteiger partial charge in [0.25, 0.3) is 6.33 Å². The van der Waals surface area contributed by atoms with Crippen molar-refractivity contribution in [3.05, 3.63) is 42.4 Å². The van der Waals surface area contributed by atoms with E-state index in [0.29, 0.717) is 5.56 Å². The van der Waals surface area contributed by atoms with Gasteiger partial charge in [-0.3, -0.25) is 14.4 Å². The van der Waals surface area contributed by atoms with Gasteiger partial charge in [-0.1, -0.05) is 11.8 Å². The molecule has 0 atom stereocenters. The Balaban J connectivity index is 2.22. The average Bonchev–Trinajstić information content (AvgIpc) is 2.56. The van der Waals surface area contributed by atoms with E-state index in [1.807, 2.05) is 12.3 Å². The molecule has 1 heterocycles. The number of nitrogens with zero attached hydrogens (tertiary/aromatic N) is 2. The molecule has 0 aliphatic carbocycles. The fraction of sp³-hybridized carbons (Fsp3) is 0.235. The first-order chi connectivity index (χ1) is 11.9. The molecule has 0 saturated carbocycles. The second-order valence-electron chi connectivity index (χ2n) is 5.05. The van der Waals surface area contributed by atoms with Crippen molar-refractivity contribution in [1.29, 1.82) is 0 Å². The Kier molecular flexibility index (Phi) is 6.24. The maximum absolute atomic E-state index is 12.4. The maximum Gasteiger partial charge on any atom is 0.308 e. The van der Waals surface area contributed by atoms with Crippen LogP contribution in [0.1, 0.15) is 24.2 Å². The van der Waals surface area contributed by atoms with Crippen LogP contribution in [0.15, 0.2) is 41.8 Å². The molecule has 0 spiro atoms. The number of carbonyl (C=O) groups excluding carboxylic acids is 3. The SMILES string of the molecule is CSc1cc[n+](CC(=O)c2ccc(OC(C)=O)c(OC(C)=O)c2)cn1. The molecule has 2 rings (SSSR count). The molecular weight excluding hydrogens is 344 g/mol. The van der Waals surface area contributed by atoms with Crippen molar-refractivity contribution in [2.75, 3.05) is 6.26 Å². The number of ketones is 1. The summed E-state index contributed by atoms with van der Waals surface area (Å²) < 4.78 is 11.7. The minimum Gasteiger partial charge on any atom is -0.423 e. The highest BCUT2D eigenvalue weighted by Gasteiger charge is 2.16. The standard InChI is InChI=1S/C17H17N2O5S/c1-11(20)23-15-5-4-13(8-16(15)24-12(2)21)14(22)9-19-7-6-17(25-3)18-10-19/h4-8,10H,9H2,1-3H3/q+1. The van der Waals surface area contributed by atoms with E-state index in [-0.39, 0.29) is 23.8 Å². The van der Waals surface area contributed by atoms with Crippen LogP contribution in [0, 0.1) is 0 Å². The lowest BCUT2D eigenvalue weighted by molar-refractivity contribution is -0.686. The Bertz CT molecular complexity index is 805. The lowest BCUT2D eigenvalue weighted by atomic mass is 10.1. The van der Waals surface area contributed by atoms with E-state index in [9.17, 15) is 14.4 Å². The molecule has 2 aromatic rings. The lowest BCUT2D eigenvalue weighted by Gasteiger charge is -2.10. The average molecular weight is 361 g/mol. The van der Waals surface area contributed by atoms with Crippen LogP contribution in [0.3, 0.4) is 0 Å². The Labute approximate surface area is 149 Å². The maximum atomic E-state index is 12.4. The predicted octanol–water partition coefficient (Wildman–Crippen LogP) is 1.82. The summed E-state index contributed by atoms with van der Waals surface area (Å²) in [5.41, 5.74) is 0.327. The predicted molar refractivity (Wildman–Crippen MR) is 89.6 cm³/mol. The van der Waals surface area contributed by atoms with Crippen molar-refractivity contribution in [2.24, 2.45) is 0 Å². The molecule has 0 bridgehead atoms.